The van der Waals surface area contributed by atoms with E-state index in [1.165, 1.54) is 32.4 Å². The number of para-hydroxylation sites is 2. The molecule has 1 saturated heterocycles. The Morgan fingerprint density at radius 2 is 1.62 bits per heavy atom. The van der Waals surface area contributed by atoms with Crippen LogP contribution in [-0.2, 0) is 4.74 Å². The maximum atomic E-state index is 5.96. The van der Waals surface area contributed by atoms with Gasteiger partial charge < -0.3 is 19.4 Å². The van der Waals surface area contributed by atoms with Gasteiger partial charge in [-0.25, -0.2) is 4.98 Å². The lowest BCUT2D eigenvalue weighted by molar-refractivity contribution is -0.920. The fourth-order valence-electron chi connectivity index (χ4n) is 6.25. The Hall–Kier alpha value is -3.77. The Morgan fingerprint density at radius 3 is 2.41 bits per heavy atom. The van der Waals surface area contributed by atoms with Gasteiger partial charge in [0.15, 0.2) is 5.76 Å². The summed E-state index contributed by atoms with van der Waals surface area (Å²) in [7, 11) is 3.49. The number of pyridine rings is 1. The molecule has 0 amide bonds. The zero-order valence-corrected chi connectivity index (χ0v) is 19.3. The van der Waals surface area contributed by atoms with Crippen LogP contribution in [0.15, 0.2) is 60.9 Å². The minimum Gasteiger partial charge on any atom is -0.494 e. The first-order valence-electron chi connectivity index (χ1n) is 11.9. The summed E-state index contributed by atoms with van der Waals surface area (Å²) >= 11 is 0. The number of hydrogen-bond donors (Lipinski definition) is 3. The van der Waals surface area contributed by atoms with E-state index in [9.17, 15) is 0 Å². The monoisotopic (exact) mass is 451 g/mol. The maximum absolute atomic E-state index is 5.96. The molecular weight excluding hydrogens is 424 g/mol. The molecule has 2 aliphatic rings. The van der Waals surface area contributed by atoms with E-state index >= 15 is 0 Å². The number of aromatic amines is 2. The molecule has 6 heteroatoms. The van der Waals surface area contributed by atoms with Crippen molar-refractivity contribution in [2.75, 3.05) is 14.2 Å². The molecule has 6 nitrogen and oxygen atoms in total. The van der Waals surface area contributed by atoms with Crippen LogP contribution in [0.4, 0.5) is 0 Å². The van der Waals surface area contributed by atoms with E-state index < -0.39 is 0 Å². The van der Waals surface area contributed by atoms with Crippen LogP contribution >= 0.6 is 0 Å². The van der Waals surface area contributed by atoms with Crippen molar-refractivity contribution in [2.45, 2.75) is 31.3 Å². The molecule has 5 aromatic rings. The fraction of sp³-hybridized carbons (Fsp3) is 0.250. The SMILES string of the molecule is COC1=C[NH+]2C(CCC[C@H]2c2ncc(OC)c3c2[nH]c2ccccc23)c2[nH]c3ccccc3c21. The van der Waals surface area contributed by atoms with Gasteiger partial charge in [0, 0.05) is 34.6 Å². The molecule has 2 aliphatic heterocycles. The quantitative estimate of drug-likeness (QED) is 0.361. The number of methoxy groups -OCH3 is 2. The summed E-state index contributed by atoms with van der Waals surface area (Å²) in [5.41, 5.74) is 6.94. The molecule has 0 bridgehead atoms. The predicted molar refractivity (Wildman–Crippen MR) is 134 cm³/mol. The summed E-state index contributed by atoms with van der Waals surface area (Å²) in [6.07, 6.45) is 7.53. The summed E-state index contributed by atoms with van der Waals surface area (Å²) in [6.45, 7) is 0. The summed E-state index contributed by atoms with van der Waals surface area (Å²) < 4.78 is 11.7. The zero-order chi connectivity index (χ0) is 22.8. The highest BCUT2D eigenvalue weighted by Crippen LogP contribution is 2.41. The lowest BCUT2D eigenvalue weighted by Crippen LogP contribution is -3.09. The molecule has 1 fully saturated rings. The molecule has 5 heterocycles. The molecule has 2 aromatic carbocycles. The number of rotatable bonds is 3. The Bertz CT molecular complexity index is 1590. The van der Waals surface area contributed by atoms with E-state index in [0.717, 1.165) is 52.9 Å². The van der Waals surface area contributed by atoms with Crippen LogP contribution < -0.4 is 9.64 Å². The second-order valence-electron chi connectivity index (χ2n) is 9.34. The Kier molecular flexibility index (Phi) is 4.26. The van der Waals surface area contributed by atoms with Crippen molar-refractivity contribution >= 4 is 38.5 Å². The molecule has 34 heavy (non-hydrogen) atoms. The number of ether oxygens (including phenoxy) is 2. The third-order valence-electron chi connectivity index (χ3n) is 7.72. The number of aromatic nitrogens is 3. The van der Waals surface area contributed by atoms with Gasteiger partial charge >= 0.3 is 0 Å². The molecular formula is C28H27N4O2+. The highest BCUT2D eigenvalue weighted by Gasteiger charge is 2.43. The van der Waals surface area contributed by atoms with E-state index in [1.807, 2.05) is 6.20 Å². The van der Waals surface area contributed by atoms with Crippen molar-refractivity contribution in [3.05, 3.63) is 77.9 Å². The van der Waals surface area contributed by atoms with Crippen LogP contribution in [0.3, 0.4) is 0 Å². The van der Waals surface area contributed by atoms with Gasteiger partial charge in [0.05, 0.1) is 42.6 Å². The molecule has 170 valence electrons. The summed E-state index contributed by atoms with van der Waals surface area (Å²) in [4.78, 5) is 13.8. The predicted octanol–water partition coefficient (Wildman–Crippen LogP) is 5.02. The van der Waals surface area contributed by atoms with E-state index in [-0.39, 0.29) is 6.04 Å². The minimum atomic E-state index is 0.213. The third kappa shape index (κ3) is 2.63. The van der Waals surface area contributed by atoms with E-state index in [4.69, 9.17) is 14.5 Å². The Balaban J connectivity index is 1.43. The van der Waals surface area contributed by atoms with Crippen LogP contribution in [0, 0.1) is 0 Å². The van der Waals surface area contributed by atoms with E-state index in [1.54, 1.807) is 14.2 Å². The van der Waals surface area contributed by atoms with Crippen molar-refractivity contribution in [2.24, 2.45) is 0 Å². The molecule has 3 aromatic heterocycles. The van der Waals surface area contributed by atoms with Crippen LogP contribution in [0.1, 0.15) is 48.3 Å². The molecule has 0 radical (unpaired) electrons. The number of quaternary nitrogens is 1. The van der Waals surface area contributed by atoms with E-state index in [0.29, 0.717) is 6.04 Å². The number of fused-ring (bicyclic) bond motifs is 8. The zero-order valence-electron chi connectivity index (χ0n) is 19.3. The average molecular weight is 452 g/mol. The van der Waals surface area contributed by atoms with Gasteiger partial charge in [-0.3, -0.25) is 4.90 Å². The van der Waals surface area contributed by atoms with Crippen LogP contribution in [0.25, 0.3) is 38.5 Å². The fourth-order valence-corrected chi connectivity index (χ4v) is 6.25. The van der Waals surface area contributed by atoms with Crippen LogP contribution in [0.2, 0.25) is 0 Å². The molecule has 3 N–H and O–H groups in total. The number of benzene rings is 2. The standard InChI is InChI=1S/C28H26N4O2/c1-33-22-14-29-27(28-24(22)16-8-3-6-11-19(16)31-28)21-13-7-12-20-26-25(23(34-2)15-32(20)21)17-9-4-5-10-18(17)30-26/h3-6,8-11,14-15,20-21,30-31H,7,12-13H2,1-2H3/p+1/t20?,21-/m0/s1. The first kappa shape index (κ1) is 19.7. The highest BCUT2D eigenvalue weighted by atomic mass is 16.5. The summed E-state index contributed by atoms with van der Waals surface area (Å²) in [5.74, 6) is 1.75. The van der Waals surface area contributed by atoms with Crippen molar-refractivity contribution < 1.29 is 14.4 Å². The summed E-state index contributed by atoms with van der Waals surface area (Å²) in [5, 5.41) is 3.52. The molecule has 0 spiro atoms. The maximum Gasteiger partial charge on any atom is 0.181 e. The molecule has 0 saturated carbocycles. The Morgan fingerprint density at radius 1 is 0.882 bits per heavy atom. The van der Waals surface area contributed by atoms with Gasteiger partial charge in [0.2, 0.25) is 0 Å². The molecule has 0 aliphatic carbocycles. The topological polar surface area (TPSA) is 67.4 Å². The smallest absolute Gasteiger partial charge is 0.181 e. The van der Waals surface area contributed by atoms with Crippen molar-refractivity contribution in [3.63, 3.8) is 0 Å². The normalized spacial score (nSPS) is 21.9. The van der Waals surface area contributed by atoms with Gasteiger partial charge in [0.1, 0.15) is 29.7 Å². The van der Waals surface area contributed by atoms with Crippen molar-refractivity contribution in [3.8, 4) is 5.75 Å². The molecule has 7 rings (SSSR count). The number of nitrogens with one attached hydrogen (secondary N) is 3. The first-order chi connectivity index (χ1) is 16.8. The second-order valence-corrected chi connectivity index (χ2v) is 9.34. The lowest BCUT2D eigenvalue weighted by Gasteiger charge is -2.39. The van der Waals surface area contributed by atoms with Gasteiger partial charge in [-0.1, -0.05) is 36.4 Å². The van der Waals surface area contributed by atoms with Crippen LogP contribution in [0.5, 0.6) is 5.75 Å². The first-order valence-corrected chi connectivity index (χ1v) is 11.9. The average Bonchev–Trinajstić information content (AvgIpc) is 3.47. The number of nitrogens with zero attached hydrogens (tertiary/aromatic N) is 1. The minimum absolute atomic E-state index is 0.213. The van der Waals surface area contributed by atoms with Gasteiger partial charge in [-0.05, 0) is 18.6 Å². The summed E-state index contributed by atoms with van der Waals surface area (Å²) in [6, 6.07) is 17.5. The lowest BCUT2D eigenvalue weighted by atomic mass is 9.87. The molecule has 2 unspecified atom stereocenters. The van der Waals surface area contributed by atoms with E-state index in [2.05, 4.69) is 64.7 Å². The Labute approximate surface area is 197 Å². The number of piperidine rings is 1. The van der Waals surface area contributed by atoms with Crippen LogP contribution in [-0.4, -0.2) is 29.2 Å². The van der Waals surface area contributed by atoms with Crippen molar-refractivity contribution in [1.82, 2.24) is 15.0 Å². The number of H-pyrrole nitrogens is 2. The second kappa shape index (κ2) is 7.37. The highest BCUT2D eigenvalue weighted by molar-refractivity contribution is 6.11. The van der Waals surface area contributed by atoms with Crippen molar-refractivity contribution in [1.29, 1.82) is 0 Å². The molecule has 3 atom stereocenters. The number of hydrogen-bond acceptors (Lipinski definition) is 3. The van der Waals surface area contributed by atoms with Gasteiger partial charge in [-0.15, -0.1) is 0 Å². The largest absolute Gasteiger partial charge is 0.494 e. The van der Waals surface area contributed by atoms with Gasteiger partial charge in [-0.2, -0.15) is 0 Å². The third-order valence-corrected chi connectivity index (χ3v) is 7.72. The van der Waals surface area contributed by atoms with Gasteiger partial charge in [0.25, 0.3) is 0 Å².